The van der Waals surface area contributed by atoms with Gasteiger partial charge in [-0.2, -0.15) is 0 Å². The molecule has 4 rings (SSSR count). The SMILES string of the molecule is CC(CNc1cc(-c2ccc3ccccc3c2)nc2ccccc12)C(C)(C)N.Cl.Cl. The lowest BCUT2D eigenvalue weighted by Crippen LogP contribution is -2.42. The molecule has 1 aromatic heterocycles. The van der Waals surface area contributed by atoms with E-state index in [0.717, 1.165) is 34.4 Å². The van der Waals surface area contributed by atoms with Crippen LogP contribution < -0.4 is 11.1 Å². The highest BCUT2D eigenvalue weighted by molar-refractivity contribution is 5.95. The molecule has 158 valence electrons. The molecule has 0 saturated carbocycles. The molecule has 0 spiro atoms. The molecule has 0 aliphatic heterocycles. The lowest BCUT2D eigenvalue weighted by molar-refractivity contribution is 0.362. The van der Waals surface area contributed by atoms with Crippen LogP contribution in [0.15, 0.2) is 72.8 Å². The van der Waals surface area contributed by atoms with Crippen LogP contribution in [-0.4, -0.2) is 17.1 Å². The maximum Gasteiger partial charge on any atom is 0.0730 e. The van der Waals surface area contributed by atoms with Gasteiger partial charge in [-0.25, -0.2) is 4.98 Å². The Morgan fingerprint density at radius 3 is 2.30 bits per heavy atom. The number of nitrogens with one attached hydrogen (secondary N) is 1. The molecule has 0 fully saturated rings. The molecule has 0 aliphatic rings. The summed E-state index contributed by atoms with van der Waals surface area (Å²) in [7, 11) is 0. The highest BCUT2D eigenvalue weighted by Gasteiger charge is 2.20. The number of nitrogens with zero attached hydrogens (tertiary/aromatic N) is 1. The molecule has 0 aliphatic carbocycles. The van der Waals surface area contributed by atoms with Crippen LogP contribution in [-0.2, 0) is 0 Å². The second-order valence-electron chi connectivity index (χ2n) is 8.24. The van der Waals surface area contributed by atoms with Gasteiger partial charge >= 0.3 is 0 Å². The fraction of sp³-hybridized carbons (Fsp3) is 0.240. The van der Waals surface area contributed by atoms with Gasteiger partial charge in [-0.3, -0.25) is 0 Å². The number of hydrogen-bond donors (Lipinski definition) is 2. The maximum absolute atomic E-state index is 6.28. The Labute approximate surface area is 190 Å². The lowest BCUT2D eigenvalue weighted by Gasteiger charge is -2.28. The number of nitrogens with two attached hydrogens (primary N) is 1. The van der Waals surface area contributed by atoms with Crippen molar-refractivity contribution >= 4 is 52.2 Å². The number of para-hydroxylation sites is 1. The van der Waals surface area contributed by atoms with Crippen molar-refractivity contribution in [2.75, 3.05) is 11.9 Å². The van der Waals surface area contributed by atoms with E-state index >= 15 is 0 Å². The van der Waals surface area contributed by atoms with E-state index in [0.29, 0.717) is 5.92 Å². The van der Waals surface area contributed by atoms with E-state index in [1.54, 1.807) is 0 Å². The van der Waals surface area contributed by atoms with Crippen LogP contribution in [0.3, 0.4) is 0 Å². The van der Waals surface area contributed by atoms with Crippen molar-refractivity contribution in [3.05, 3.63) is 72.8 Å². The Morgan fingerprint density at radius 1 is 0.900 bits per heavy atom. The monoisotopic (exact) mass is 441 g/mol. The Hall–Kier alpha value is -2.33. The van der Waals surface area contributed by atoms with E-state index < -0.39 is 0 Å². The molecule has 3 nitrogen and oxygen atoms in total. The van der Waals surface area contributed by atoms with Crippen molar-refractivity contribution in [3.63, 3.8) is 0 Å². The number of pyridine rings is 1. The third kappa shape index (κ3) is 5.04. The summed E-state index contributed by atoms with van der Waals surface area (Å²) >= 11 is 0. The summed E-state index contributed by atoms with van der Waals surface area (Å²) in [4.78, 5) is 4.92. The molecule has 0 radical (unpaired) electrons. The van der Waals surface area contributed by atoms with E-state index in [4.69, 9.17) is 10.7 Å². The summed E-state index contributed by atoms with van der Waals surface area (Å²) in [5.41, 5.74) is 10.3. The number of fused-ring (bicyclic) bond motifs is 2. The molecular weight excluding hydrogens is 413 g/mol. The minimum Gasteiger partial charge on any atom is -0.384 e. The summed E-state index contributed by atoms with van der Waals surface area (Å²) in [6.07, 6.45) is 0. The average molecular weight is 442 g/mol. The average Bonchev–Trinajstić information content (AvgIpc) is 2.70. The Balaban J connectivity index is 0.00000160. The molecule has 3 aromatic carbocycles. The number of aromatic nitrogens is 1. The predicted molar refractivity (Wildman–Crippen MR) is 135 cm³/mol. The smallest absolute Gasteiger partial charge is 0.0730 e. The molecule has 0 bridgehead atoms. The first-order valence-electron chi connectivity index (χ1n) is 9.83. The minimum atomic E-state index is -0.225. The van der Waals surface area contributed by atoms with Crippen LogP contribution in [0.4, 0.5) is 5.69 Å². The number of anilines is 1. The summed E-state index contributed by atoms with van der Waals surface area (Å²) in [6.45, 7) is 7.14. The summed E-state index contributed by atoms with van der Waals surface area (Å²) in [5, 5.41) is 7.22. The fourth-order valence-electron chi connectivity index (χ4n) is 3.34. The molecule has 30 heavy (non-hydrogen) atoms. The Kier molecular flexibility index (Phi) is 7.70. The van der Waals surface area contributed by atoms with Crippen LogP contribution in [0.5, 0.6) is 0 Å². The number of halogens is 2. The van der Waals surface area contributed by atoms with Crippen LogP contribution in [0, 0.1) is 5.92 Å². The maximum atomic E-state index is 6.28. The van der Waals surface area contributed by atoms with E-state index in [-0.39, 0.29) is 30.4 Å². The topological polar surface area (TPSA) is 50.9 Å². The molecule has 3 N–H and O–H groups in total. The van der Waals surface area contributed by atoms with Gasteiger partial charge in [0.2, 0.25) is 0 Å². The predicted octanol–water partition coefficient (Wildman–Crippen LogP) is 6.68. The third-order valence-electron chi connectivity index (χ3n) is 5.63. The summed E-state index contributed by atoms with van der Waals surface area (Å²) in [6, 6.07) is 25.4. The molecule has 5 heteroatoms. The fourth-order valence-corrected chi connectivity index (χ4v) is 3.34. The normalized spacial score (nSPS) is 12.1. The molecule has 1 heterocycles. The zero-order valence-corrected chi connectivity index (χ0v) is 19.2. The second-order valence-corrected chi connectivity index (χ2v) is 8.24. The van der Waals surface area contributed by atoms with E-state index in [1.807, 2.05) is 6.07 Å². The number of hydrogen-bond acceptors (Lipinski definition) is 3. The van der Waals surface area contributed by atoms with E-state index in [9.17, 15) is 0 Å². The van der Waals surface area contributed by atoms with Crippen molar-refractivity contribution < 1.29 is 0 Å². The van der Waals surface area contributed by atoms with Crippen molar-refractivity contribution in [2.24, 2.45) is 11.7 Å². The van der Waals surface area contributed by atoms with Crippen LogP contribution in [0.1, 0.15) is 20.8 Å². The third-order valence-corrected chi connectivity index (χ3v) is 5.63. The Morgan fingerprint density at radius 2 is 1.57 bits per heavy atom. The number of rotatable bonds is 5. The molecule has 4 aromatic rings. The molecule has 0 amide bonds. The van der Waals surface area contributed by atoms with Gasteiger partial charge in [0.05, 0.1) is 11.2 Å². The zero-order chi connectivity index (χ0) is 19.7. The minimum absolute atomic E-state index is 0. The quantitative estimate of drug-likeness (QED) is 0.362. The first-order chi connectivity index (χ1) is 13.4. The second kappa shape index (κ2) is 9.65. The summed E-state index contributed by atoms with van der Waals surface area (Å²) in [5.74, 6) is 0.337. The van der Waals surface area contributed by atoms with Gasteiger partial charge in [0.15, 0.2) is 0 Å². The zero-order valence-electron chi connectivity index (χ0n) is 17.6. The highest BCUT2D eigenvalue weighted by atomic mass is 35.5. The van der Waals surface area contributed by atoms with Crippen molar-refractivity contribution in [1.82, 2.24) is 4.98 Å². The van der Waals surface area contributed by atoms with Gasteiger partial charge in [-0.05, 0) is 48.7 Å². The van der Waals surface area contributed by atoms with E-state index in [2.05, 4.69) is 92.8 Å². The Bertz CT molecular complexity index is 1140. The van der Waals surface area contributed by atoms with Crippen LogP contribution >= 0.6 is 24.8 Å². The molecule has 1 atom stereocenters. The van der Waals surface area contributed by atoms with Crippen LogP contribution in [0.25, 0.3) is 32.9 Å². The van der Waals surface area contributed by atoms with Crippen molar-refractivity contribution in [2.45, 2.75) is 26.3 Å². The highest BCUT2D eigenvalue weighted by Crippen LogP contribution is 2.30. The van der Waals surface area contributed by atoms with Crippen molar-refractivity contribution in [3.8, 4) is 11.3 Å². The largest absolute Gasteiger partial charge is 0.384 e. The first kappa shape index (κ1) is 23.9. The lowest BCUT2D eigenvalue weighted by atomic mass is 9.90. The first-order valence-corrected chi connectivity index (χ1v) is 9.83. The van der Waals surface area contributed by atoms with Gasteiger partial charge in [0.1, 0.15) is 0 Å². The van der Waals surface area contributed by atoms with Crippen molar-refractivity contribution in [1.29, 1.82) is 0 Å². The van der Waals surface area contributed by atoms with Gasteiger partial charge in [0.25, 0.3) is 0 Å². The molecule has 1 unspecified atom stereocenters. The molecular formula is C25H29Cl2N3. The van der Waals surface area contributed by atoms with Gasteiger partial charge < -0.3 is 11.1 Å². The molecule has 0 saturated heterocycles. The standard InChI is InChI=1S/C25H27N3.2ClH/c1-17(25(2,3)26)16-27-24-15-23(28-22-11-7-6-10-21(22)24)20-13-12-18-8-4-5-9-19(18)14-20;;/h4-15,17H,16,26H2,1-3H3,(H,27,28);2*1H. The van der Waals surface area contributed by atoms with Crippen LogP contribution in [0.2, 0.25) is 0 Å². The number of benzene rings is 3. The van der Waals surface area contributed by atoms with Gasteiger partial charge in [-0.1, -0.05) is 61.5 Å². The van der Waals surface area contributed by atoms with Gasteiger partial charge in [0, 0.05) is 28.7 Å². The van der Waals surface area contributed by atoms with Gasteiger partial charge in [-0.15, -0.1) is 24.8 Å². The van der Waals surface area contributed by atoms with E-state index in [1.165, 1.54) is 10.8 Å². The summed E-state index contributed by atoms with van der Waals surface area (Å²) < 4.78 is 0.